The number of hydrogen-bond donors (Lipinski definition) is 0. The molecule has 1 aromatic heterocycles. The average Bonchev–Trinajstić information content (AvgIpc) is 3.09. The molecule has 0 fully saturated rings. The van der Waals surface area contributed by atoms with Crippen LogP contribution in [0.1, 0.15) is 16.9 Å². The molecule has 0 saturated carbocycles. The van der Waals surface area contributed by atoms with Crippen molar-refractivity contribution in [2.75, 3.05) is 0 Å². The topological polar surface area (TPSA) is 72.0 Å². The summed E-state index contributed by atoms with van der Waals surface area (Å²) in [5, 5.41) is 0. The minimum atomic E-state index is -1.09. The van der Waals surface area contributed by atoms with Gasteiger partial charge in [0.1, 0.15) is 11.3 Å². The smallest absolute Gasteiger partial charge is 0.240 e. The van der Waals surface area contributed by atoms with Crippen LogP contribution >= 0.6 is 0 Å². The number of benzene rings is 1. The van der Waals surface area contributed by atoms with Crippen LogP contribution in [0.15, 0.2) is 62.8 Å². The molecule has 0 amide bonds. The van der Waals surface area contributed by atoms with Crippen LogP contribution in [-0.4, -0.2) is 12.2 Å². The molecule has 2 aromatic rings. The second-order valence-corrected chi connectivity index (χ2v) is 4.64. The van der Waals surface area contributed by atoms with Gasteiger partial charge in [-0.1, -0.05) is 24.3 Å². The van der Waals surface area contributed by atoms with Gasteiger partial charge in [-0.05, 0) is 29.3 Å². The fourth-order valence-corrected chi connectivity index (χ4v) is 2.66. The van der Waals surface area contributed by atoms with E-state index >= 15 is 0 Å². The van der Waals surface area contributed by atoms with Gasteiger partial charge >= 0.3 is 0 Å². The van der Waals surface area contributed by atoms with Crippen molar-refractivity contribution in [1.29, 1.82) is 0 Å². The normalized spacial score (nSPS) is 19.1. The number of carbonyl (C=O) groups excluding carboxylic acids is 2. The zero-order valence-electron chi connectivity index (χ0n) is 10.9. The molecule has 1 aliphatic carbocycles. The third kappa shape index (κ3) is 2.07. The molecule has 5 nitrogen and oxygen atoms in total. The Morgan fingerprint density at radius 2 is 1.95 bits per heavy atom. The van der Waals surface area contributed by atoms with Crippen LogP contribution < -0.4 is 0 Å². The van der Waals surface area contributed by atoms with Crippen molar-refractivity contribution in [3.8, 4) is 0 Å². The second kappa shape index (κ2) is 5.17. The van der Waals surface area contributed by atoms with E-state index in [0.717, 1.165) is 11.1 Å². The van der Waals surface area contributed by atoms with E-state index < -0.39 is 5.54 Å². The van der Waals surface area contributed by atoms with Gasteiger partial charge in [-0.15, -0.1) is 0 Å². The predicted molar refractivity (Wildman–Crippen MR) is 74.8 cm³/mol. The monoisotopic (exact) mass is 278 g/mol. The Bertz CT molecular complexity index is 795. The zero-order chi connectivity index (χ0) is 14.7. The van der Waals surface area contributed by atoms with Gasteiger partial charge in [0.25, 0.3) is 0 Å². The summed E-state index contributed by atoms with van der Waals surface area (Å²) >= 11 is 0. The molecule has 102 valence electrons. The van der Waals surface area contributed by atoms with E-state index in [4.69, 9.17) is 4.42 Å². The maximum atomic E-state index is 11.0. The van der Waals surface area contributed by atoms with Gasteiger partial charge in [0.05, 0.1) is 12.0 Å². The Labute approximate surface area is 120 Å². The second-order valence-electron chi connectivity index (χ2n) is 4.64. The Balaban J connectivity index is 2.22. The summed E-state index contributed by atoms with van der Waals surface area (Å²) in [5.74, 6) is 0.637. The van der Waals surface area contributed by atoms with Crippen molar-refractivity contribution in [2.45, 2.75) is 12.0 Å². The first-order valence-electron chi connectivity index (χ1n) is 6.31. The first-order chi connectivity index (χ1) is 10.3. The average molecular weight is 278 g/mol. The number of rotatable bonds is 4. The molecule has 0 radical (unpaired) electrons. The molecule has 1 aromatic carbocycles. The molecule has 1 aliphatic rings. The van der Waals surface area contributed by atoms with E-state index in [0.29, 0.717) is 11.5 Å². The Hall–Kier alpha value is -3.00. The standard InChI is InChI=1S/C16H10N2O3/c19-10-17-15-8-12-4-1-2-6-14(12)16(15,18-11-20)9-13-5-3-7-21-13/h1-8H,9H2. The van der Waals surface area contributed by atoms with Crippen LogP contribution in [0, 0.1) is 0 Å². The highest BCUT2D eigenvalue weighted by Crippen LogP contribution is 2.45. The summed E-state index contributed by atoms with van der Waals surface area (Å²) in [6, 6.07) is 11.0. The third-order valence-corrected chi connectivity index (χ3v) is 3.54. The van der Waals surface area contributed by atoms with Crippen LogP contribution in [0.5, 0.6) is 0 Å². The Morgan fingerprint density at radius 1 is 1.10 bits per heavy atom. The Morgan fingerprint density at radius 3 is 2.67 bits per heavy atom. The molecule has 21 heavy (non-hydrogen) atoms. The number of aliphatic imine (C=N–C) groups is 2. The molecule has 0 spiro atoms. The lowest BCUT2D eigenvalue weighted by molar-refractivity contribution is 0.433. The van der Waals surface area contributed by atoms with Crippen molar-refractivity contribution >= 4 is 18.2 Å². The molecule has 5 heteroatoms. The zero-order valence-corrected chi connectivity index (χ0v) is 10.9. The van der Waals surface area contributed by atoms with E-state index in [-0.39, 0.29) is 6.42 Å². The van der Waals surface area contributed by atoms with Gasteiger partial charge in [0.2, 0.25) is 12.2 Å². The van der Waals surface area contributed by atoms with Gasteiger partial charge < -0.3 is 4.42 Å². The maximum absolute atomic E-state index is 11.0. The van der Waals surface area contributed by atoms with E-state index in [1.807, 2.05) is 24.3 Å². The summed E-state index contributed by atoms with van der Waals surface area (Å²) < 4.78 is 5.35. The fraction of sp³-hybridized carbons (Fsp3) is 0.125. The lowest BCUT2D eigenvalue weighted by atomic mass is 9.86. The summed E-state index contributed by atoms with van der Waals surface area (Å²) in [5.41, 5.74) is 0.919. The molecule has 0 bridgehead atoms. The highest BCUT2D eigenvalue weighted by atomic mass is 16.3. The number of nitrogens with zero attached hydrogens (tertiary/aromatic N) is 2. The molecule has 3 rings (SSSR count). The van der Waals surface area contributed by atoms with Gasteiger partial charge in [-0.3, -0.25) is 0 Å². The summed E-state index contributed by atoms with van der Waals surface area (Å²) in [6.07, 6.45) is 6.67. The van der Waals surface area contributed by atoms with Crippen LogP contribution in [0.4, 0.5) is 0 Å². The number of fused-ring (bicyclic) bond motifs is 1. The van der Waals surface area contributed by atoms with E-state index in [1.165, 1.54) is 6.08 Å². The minimum absolute atomic E-state index is 0.281. The SMILES string of the molecule is O=C=NC1=Cc2ccccc2C1(Cc1ccco1)N=C=O. The molecule has 1 atom stereocenters. The molecule has 0 aliphatic heterocycles. The number of isocyanates is 2. The van der Waals surface area contributed by atoms with Crippen LogP contribution in [0.25, 0.3) is 6.08 Å². The third-order valence-electron chi connectivity index (χ3n) is 3.54. The summed E-state index contributed by atoms with van der Waals surface area (Å²) in [7, 11) is 0. The van der Waals surface area contributed by atoms with E-state index in [2.05, 4.69) is 9.98 Å². The van der Waals surface area contributed by atoms with Gasteiger partial charge in [0, 0.05) is 6.42 Å². The highest BCUT2D eigenvalue weighted by molar-refractivity contribution is 5.71. The lowest BCUT2D eigenvalue weighted by Crippen LogP contribution is -2.26. The number of furan rings is 1. The summed E-state index contributed by atoms with van der Waals surface area (Å²) in [6.45, 7) is 0. The summed E-state index contributed by atoms with van der Waals surface area (Å²) in [4.78, 5) is 29.4. The van der Waals surface area contributed by atoms with Gasteiger partial charge in [0.15, 0.2) is 0 Å². The maximum Gasteiger partial charge on any atom is 0.240 e. The van der Waals surface area contributed by atoms with Crippen molar-refractivity contribution in [3.05, 3.63) is 65.2 Å². The van der Waals surface area contributed by atoms with Gasteiger partial charge in [-0.2, -0.15) is 9.98 Å². The molecule has 1 unspecified atom stereocenters. The first-order valence-corrected chi connectivity index (χ1v) is 6.31. The van der Waals surface area contributed by atoms with E-state index in [9.17, 15) is 9.59 Å². The van der Waals surface area contributed by atoms with Crippen molar-refractivity contribution in [3.63, 3.8) is 0 Å². The highest BCUT2D eigenvalue weighted by Gasteiger charge is 2.43. The fourth-order valence-electron chi connectivity index (χ4n) is 2.66. The molecular formula is C16H10N2O3. The van der Waals surface area contributed by atoms with Crippen molar-refractivity contribution < 1.29 is 14.0 Å². The molecule has 0 N–H and O–H groups in total. The van der Waals surface area contributed by atoms with Crippen LogP contribution in [0.2, 0.25) is 0 Å². The predicted octanol–water partition coefficient (Wildman–Crippen LogP) is 2.74. The lowest BCUT2D eigenvalue weighted by Gasteiger charge is -2.24. The van der Waals surface area contributed by atoms with Crippen molar-refractivity contribution in [2.24, 2.45) is 9.98 Å². The molecule has 0 saturated heterocycles. The molecule has 1 heterocycles. The minimum Gasteiger partial charge on any atom is -0.469 e. The largest absolute Gasteiger partial charge is 0.469 e. The van der Waals surface area contributed by atoms with Crippen LogP contribution in [0.3, 0.4) is 0 Å². The Kier molecular flexibility index (Phi) is 3.20. The van der Waals surface area contributed by atoms with Crippen LogP contribution in [-0.2, 0) is 21.5 Å². The van der Waals surface area contributed by atoms with Crippen molar-refractivity contribution in [1.82, 2.24) is 0 Å². The quantitative estimate of drug-likeness (QED) is 0.637. The number of hydrogen-bond acceptors (Lipinski definition) is 5. The van der Waals surface area contributed by atoms with Gasteiger partial charge in [-0.25, -0.2) is 9.59 Å². The molecular weight excluding hydrogens is 268 g/mol. The first kappa shape index (κ1) is 13.0. The van der Waals surface area contributed by atoms with E-state index in [1.54, 1.807) is 30.6 Å².